The molecule has 1 aliphatic carbocycles. The summed E-state index contributed by atoms with van der Waals surface area (Å²) in [5.41, 5.74) is 3.40. The summed E-state index contributed by atoms with van der Waals surface area (Å²) < 4.78 is 12.9. The van der Waals surface area contributed by atoms with Crippen LogP contribution >= 0.6 is 11.3 Å². The Hall–Kier alpha value is -3.46. The van der Waals surface area contributed by atoms with Crippen molar-refractivity contribution < 1.29 is 14.3 Å². The molecule has 0 saturated heterocycles. The Labute approximate surface area is 201 Å². The normalized spacial score (nSPS) is 14.3. The Morgan fingerprint density at radius 3 is 2.59 bits per heavy atom. The number of nitrogens with one attached hydrogen (secondary N) is 2. The topological polar surface area (TPSA) is 102 Å². The number of carbonyl (C=O) groups excluding carboxylic acids is 1. The van der Waals surface area contributed by atoms with Crippen LogP contribution in [0.5, 0.6) is 17.2 Å². The van der Waals surface area contributed by atoms with E-state index in [0.717, 1.165) is 32.7 Å². The maximum absolute atomic E-state index is 13.1. The summed E-state index contributed by atoms with van der Waals surface area (Å²) >= 11 is 1.36. The number of hydrogen-bond donors (Lipinski definition) is 2. The van der Waals surface area contributed by atoms with E-state index < -0.39 is 0 Å². The molecule has 4 aromatic rings. The van der Waals surface area contributed by atoms with E-state index in [-0.39, 0.29) is 11.9 Å². The molecule has 8 nitrogen and oxygen atoms in total. The number of anilines is 1. The largest absolute Gasteiger partial charge is 0.496 e. The molecule has 2 N–H and O–H groups in total. The number of carbonyl (C=O) groups is 1. The number of thiophene rings is 1. The van der Waals surface area contributed by atoms with Gasteiger partial charge in [0, 0.05) is 10.1 Å². The van der Waals surface area contributed by atoms with Gasteiger partial charge in [-0.15, -0.1) is 16.4 Å². The molecule has 0 unspecified atom stereocenters. The number of H-pyrrole nitrogens is 1. The number of ether oxygens (including phenoxy) is 2. The number of hydrogen-bond acceptors (Lipinski definition) is 7. The molecule has 2 aromatic carbocycles. The third-order valence-corrected chi connectivity index (χ3v) is 7.56. The van der Waals surface area contributed by atoms with Gasteiger partial charge in [0.2, 0.25) is 0 Å². The first-order valence-corrected chi connectivity index (χ1v) is 12.3. The van der Waals surface area contributed by atoms with Crippen molar-refractivity contribution in [2.24, 2.45) is 0 Å². The van der Waals surface area contributed by atoms with Crippen LogP contribution in [-0.4, -0.2) is 33.6 Å². The van der Waals surface area contributed by atoms with Gasteiger partial charge in [0.15, 0.2) is 5.75 Å². The second-order valence-electron chi connectivity index (χ2n) is 8.73. The van der Waals surface area contributed by atoms with Crippen LogP contribution in [0.4, 0.5) is 5.95 Å². The highest BCUT2D eigenvalue weighted by Crippen LogP contribution is 2.44. The van der Waals surface area contributed by atoms with Crippen LogP contribution in [0.3, 0.4) is 0 Å². The first-order valence-electron chi connectivity index (χ1n) is 11.5. The number of benzene rings is 2. The molecule has 0 radical (unpaired) electrons. The minimum Gasteiger partial charge on any atom is -0.496 e. The highest BCUT2D eigenvalue weighted by atomic mass is 32.1. The Kier molecular flexibility index (Phi) is 6.19. The second kappa shape index (κ2) is 9.42. The summed E-state index contributed by atoms with van der Waals surface area (Å²) in [5.74, 6) is 2.33. The first kappa shape index (κ1) is 22.3. The van der Waals surface area contributed by atoms with Crippen molar-refractivity contribution in [1.82, 2.24) is 20.6 Å². The fourth-order valence-electron chi connectivity index (χ4n) is 4.63. The van der Waals surface area contributed by atoms with E-state index in [1.807, 2.05) is 25.1 Å². The van der Waals surface area contributed by atoms with Crippen molar-refractivity contribution in [3.8, 4) is 17.2 Å². The lowest BCUT2D eigenvalue weighted by Crippen LogP contribution is -2.12. The number of aromatic nitrogens is 4. The summed E-state index contributed by atoms with van der Waals surface area (Å²) in [5, 5.41) is 17.0. The van der Waals surface area contributed by atoms with Crippen molar-refractivity contribution in [2.45, 2.75) is 51.9 Å². The van der Waals surface area contributed by atoms with Crippen LogP contribution in [0.25, 0.3) is 10.1 Å². The molecule has 0 aliphatic heterocycles. The molecule has 1 aliphatic rings. The summed E-state index contributed by atoms with van der Waals surface area (Å²) in [7, 11) is 1.64. The molecule has 5 rings (SSSR count). The molecule has 1 fully saturated rings. The van der Waals surface area contributed by atoms with Crippen LogP contribution in [0.1, 0.15) is 64.4 Å². The van der Waals surface area contributed by atoms with Gasteiger partial charge in [0.1, 0.15) is 16.4 Å². The van der Waals surface area contributed by atoms with E-state index in [0.29, 0.717) is 16.5 Å². The zero-order valence-corrected chi connectivity index (χ0v) is 20.3. The molecule has 1 amide bonds. The fourth-order valence-corrected chi connectivity index (χ4v) is 5.74. The lowest BCUT2D eigenvalue weighted by atomic mass is 9.83. The van der Waals surface area contributed by atoms with Crippen LogP contribution in [-0.2, 0) is 0 Å². The number of fused-ring (bicyclic) bond motifs is 1. The van der Waals surface area contributed by atoms with E-state index in [2.05, 4.69) is 45.0 Å². The predicted octanol–water partition coefficient (Wildman–Crippen LogP) is 6.13. The minimum absolute atomic E-state index is 0.107. The molecule has 34 heavy (non-hydrogen) atoms. The van der Waals surface area contributed by atoms with Gasteiger partial charge in [-0.05, 0) is 72.7 Å². The average Bonchev–Trinajstić information content (AvgIpc) is 3.48. The van der Waals surface area contributed by atoms with Gasteiger partial charge in [-0.1, -0.05) is 36.5 Å². The maximum atomic E-state index is 13.1. The lowest BCUT2D eigenvalue weighted by Gasteiger charge is -2.23. The molecule has 1 saturated carbocycles. The van der Waals surface area contributed by atoms with Crippen molar-refractivity contribution in [2.75, 3.05) is 12.4 Å². The Bertz CT molecular complexity index is 1330. The molecular formula is C25H27N5O3S. The molecule has 9 heteroatoms. The Balaban J connectivity index is 1.53. The first-order chi connectivity index (χ1) is 16.5. The number of nitrogens with zero attached hydrogens (tertiary/aromatic N) is 3. The van der Waals surface area contributed by atoms with Gasteiger partial charge in [-0.2, -0.15) is 5.21 Å². The Morgan fingerprint density at radius 2 is 1.88 bits per heavy atom. The monoisotopic (exact) mass is 477 g/mol. The third kappa shape index (κ3) is 4.35. The van der Waals surface area contributed by atoms with Crippen LogP contribution in [0.15, 0.2) is 30.3 Å². The number of tetrazole rings is 1. The molecule has 0 spiro atoms. The van der Waals surface area contributed by atoms with E-state index in [1.165, 1.54) is 49.0 Å². The minimum atomic E-state index is -0.356. The smallest absolute Gasteiger partial charge is 0.272 e. The zero-order valence-electron chi connectivity index (χ0n) is 19.5. The lowest BCUT2D eigenvalue weighted by molar-refractivity contribution is 0.102. The van der Waals surface area contributed by atoms with E-state index in [9.17, 15) is 4.79 Å². The molecule has 0 bridgehead atoms. The average molecular weight is 478 g/mol. The van der Waals surface area contributed by atoms with Crippen LogP contribution < -0.4 is 14.8 Å². The van der Waals surface area contributed by atoms with Gasteiger partial charge < -0.3 is 9.47 Å². The standard InChI is InChI=1S/C25H27N5O3S/c1-14-11-17(16-7-5-4-6-8-16)9-10-19(14)33-22-18-13-20(32-3)15(2)12-21(18)34-23(22)24(31)26-25-27-29-30-28-25/h9-13,16H,4-8H2,1-3H3,(H2,26,27,28,29,30,31). The second-order valence-corrected chi connectivity index (χ2v) is 9.78. The fraction of sp³-hybridized carbons (Fsp3) is 0.360. The Morgan fingerprint density at radius 1 is 1.09 bits per heavy atom. The summed E-state index contributed by atoms with van der Waals surface area (Å²) in [6.07, 6.45) is 6.41. The van der Waals surface area contributed by atoms with E-state index in [4.69, 9.17) is 9.47 Å². The van der Waals surface area contributed by atoms with Gasteiger partial charge in [0.05, 0.1) is 7.11 Å². The van der Waals surface area contributed by atoms with Gasteiger partial charge in [0.25, 0.3) is 11.9 Å². The highest BCUT2D eigenvalue weighted by Gasteiger charge is 2.24. The van der Waals surface area contributed by atoms with Crippen molar-refractivity contribution >= 4 is 33.3 Å². The number of aryl methyl sites for hydroxylation is 2. The van der Waals surface area contributed by atoms with Crippen LogP contribution in [0.2, 0.25) is 0 Å². The molecule has 0 atom stereocenters. The molecule has 2 heterocycles. The summed E-state index contributed by atoms with van der Waals surface area (Å²) in [6, 6.07) is 10.3. The van der Waals surface area contributed by atoms with Gasteiger partial charge in [-0.3, -0.25) is 10.1 Å². The highest BCUT2D eigenvalue weighted by molar-refractivity contribution is 7.21. The quantitative estimate of drug-likeness (QED) is 0.346. The van der Waals surface area contributed by atoms with Crippen molar-refractivity contribution in [1.29, 1.82) is 0 Å². The molecular weight excluding hydrogens is 450 g/mol. The van der Waals surface area contributed by atoms with Crippen molar-refractivity contribution in [3.63, 3.8) is 0 Å². The number of methoxy groups -OCH3 is 1. The van der Waals surface area contributed by atoms with Crippen LogP contribution in [0, 0.1) is 13.8 Å². The maximum Gasteiger partial charge on any atom is 0.272 e. The predicted molar refractivity (Wildman–Crippen MR) is 132 cm³/mol. The zero-order chi connectivity index (χ0) is 23.7. The number of aromatic amines is 1. The van der Waals surface area contributed by atoms with Gasteiger partial charge in [-0.25, -0.2) is 0 Å². The van der Waals surface area contributed by atoms with Crippen molar-refractivity contribution in [3.05, 3.63) is 51.9 Å². The van der Waals surface area contributed by atoms with E-state index in [1.54, 1.807) is 7.11 Å². The molecule has 2 aromatic heterocycles. The molecule has 176 valence electrons. The summed E-state index contributed by atoms with van der Waals surface area (Å²) in [4.78, 5) is 13.6. The third-order valence-electron chi connectivity index (χ3n) is 6.42. The number of amides is 1. The number of rotatable bonds is 6. The van der Waals surface area contributed by atoms with E-state index >= 15 is 0 Å². The SMILES string of the molecule is COc1cc2c(Oc3ccc(C4CCCCC4)cc3C)c(C(=O)Nc3nn[nH]n3)sc2cc1C. The summed E-state index contributed by atoms with van der Waals surface area (Å²) in [6.45, 7) is 4.03. The van der Waals surface area contributed by atoms with Gasteiger partial charge >= 0.3 is 0 Å².